The highest BCUT2D eigenvalue weighted by Crippen LogP contribution is 2.27. The predicted molar refractivity (Wildman–Crippen MR) is 72.8 cm³/mol. The number of hydrogen-bond donors (Lipinski definition) is 0. The van der Waals surface area contributed by atoms with Crippen LogP contribution in [0, 0.1) is 13.8 Å². The van der Waals surface area contributed by atoms with E-state index in [1.54, 1.807) is 0 Å². The first-order chi connectivity index (χ1) is 8.49. The van der Waals surface area contributed by atoms with Crippen molar-refractivity contribution in [1.29, 1.82) is 0 Å². The lowest BCUT2D eigenvalue weighted by atomic mass is 9.88. The fourth-order valence-electron chi connectivity index (χ4n) is 2.70. The van der Waals surface area contributed by atoms with Crippen LogP contribution in [-0.4, -0.2) is 18.0 Å². The van der Waals surface area contributed by atoms with Crippen molar-refractivity contribution in [3.63, 3.8) is 0 Å². The third-order valence-corrected chi connectivity index (χ3v) is 3.70. The van der Waals surface area contributed by atoms with Gasteiger partial charge in [-0.3, -0.25) is 4.79 Å². The van der Waals surface area contributed by atoms with Crippen molar-refractivity contribution in [3.05, 3.63) is 34.9 Å². The van der Waals surface area contributed by atoms with Crippen LogP contribution in [-0.2, 0) is 16.0 Å². The molecule has 1 aromatic carbocycles. The number of Topliss-reactive ketones (excluding diaryl/α,β-unsaturated/α-hetero) is 1. The molecule has 1 aliphatic rings. The van der Waals surface area contributed by atoms with Gasteiger partial charge < -0.3 is 4.74 Å². The topological polar surface area (TPSA) is 26.3 Å². The molecule has 2 rings (SSSR count). The average Bonchev–Trinajstić information content (AvgIpc) is 2.28. The molecule has 2 heteroatoms. The van der Waals surface area contributed by atoms with E-state index in [0.717, 1.165) is 31.4 Å². The molecule has 1 saturated heterocycles. The van der Waals surface area contributed by atoms with Crippen LogP contribution >= 0.6 is 0 Å². The van der Waals surface area contributed by atoms with Crippen LogP contribution in [0.3, 0.4) is 0 Å². The lowest BCUT2D eigenvalue weighted by Crippen LogP contribution is -2.42. The van der Waals surface area contributed by atoms with Gasteiger partial charge in [-0.05, 0) is 45.6 Å². The fraction of sp³-hybridized carbons (Fsp3) is 0.562. The van der Waals surface area contributed by atoms with Crippen LogP contribution < -0.4 is 0 Å². The lowest BCUT2D eigenvalue weighted by Gasteiger charge is -2.32. The molecule has 0 spiro atoms. The minimum absolute atomic E-state index is 0.215. The van der Waals surface area contributed by atoms with E-state index in [9.17, 15) is 4.79 Å². The monoisotopic (exact) mass is 246 g/mol. The molecular weight excluding hydrogens is 224 g/mol. The molecule has 0 N–H and O–H groups in total. The molecule has 1 fully saturated rings. The molecule has 1 aromatic rings. The Balaban J connectivity index is 2.10. The van der Waals surface area contributed by atoms with Gasteiger partial charge in [-0.2, -0.15) is 0 Å². The lowest BCUT2D eigenvalue weighted by molar-refractivity contribution is -0.147. The number of ketones is 1. The van der Waals surface area contributed by atoms with Crippen LogP contribution in [0.5, 0.6) is 0 Å². The van der Waals surface area contributed by atoms with Gasteiger partial charge in [-0.1, -0.05) is 29.3 Å². The van der Waals surface area contributed by atoms with Gasteiger partial charge in [0.05, 0.1) is 0 Å². The van der Waals surface area contributed by atoms with Crippen LogP contribution in [0.25, 0.3) is 0 Å². The summed E-state index contributed by atoms with van der Waals surface area (Å²) in [6.45, 7) is 6.80. The number of carbonyl (C=O) groups is 1. The van der Waals surface area contributed by atoms with E-state index in [2.05, 4.69) is 32.0 Å². The van der Waals surface area contributed by atoms with E-state index in [1.165, 1.54) is 11.1 Å². The summed E-state index contributed by atoms with van der Waals surface area (Å²) in [5.74, 6) is 0.215. The second-order valence-corrected chi connectivity index (χ2v) is 5.63. The third kappa shape index (κ3) is 2.99. The Labute approximate surface area is 109 Å². The molecule has 1 heterocycles. The fourth-order valence-corrected chi connectivity index (χ4v) is 2.70. The number of aryl methyl sites for hydroxylation is 2. The molecular formula is C16H22O2. The molecule has 0 saturated carbocycles. The summed E-state index contributed by atoms with van der Waals surface area (Å²) in [4.78, 5) is 12.4. The minimum Gasteiger partial charge on any atom is -0.367 e. The highest BCUT2D eigenvalue weighted by molar-refractivity contribution is 5.89. The SMILES string of the molecule is Cc1cc(C)cc(CC(=O)C2(C)CCCCO2)c1. The first kappa shape index (κ1) is 13.3. The smallest absolute Gasteiger partial charge is 0.168 e. The van der Waals surface area contributed by atoms with Gasteiger partial charge in [-0.25, -0.2) is 0 Å². The summed E-state index contributed by atoms with van der Waals surface area (Å²) < 4.78 is 5.71. The van der Waals surface area contributed by atoms with E-state index in [4.69, 9.17) is 4.74 Å². The van der Waals surface area contributed by atoms with Crippen molar-refractivity contribution >= 4 is 5.78 Å². The van der Waals surface area contributed by atoms with Gasteiger partial charge in [0.25, 0.3) is 0 Å². The van der Waals surface area contributed by atoms with E-state index < -0.39 is 5.60 Å². The standard InChI is InChI=1S/C16H22O2/c1-12-8-13(2)10-14(9-12)11-15(17)16(3)6-4-5-7-18-16/h8-10H,4-7,11H2,1-3H3. The summed E-state index contributed by atoms with van der Waals surface area (Å²) in [5, 5.41) is 0. The van der Waals surface area contributed by atoms with Crippen LogP contribution in [0.15, 0.2) is 18.2 Å². The summed E-state index contributed by atoms with van der Waals surface area (Å²) in [6.07, 6.45) is 3.51. The van der Waals surface area contributed by atoms with Gasteiger partial charge in [0.2, 0.25) is 0 Å². The van der Waals surface area contributed by atoms with Crippen molar-refractivity contribution in [2.75, 3.05) is 6.61 Å². The van der Waals surface area contributed by atoms with Gasteiger partial charge in [0, 0.05) is 13.0 Å². The first-order valence-corrected chi connectivity index (χ1v) is 6.74. The summed E-state index contributed by atoms with van der Waals surface area (Å²) in [7, 11) is 0. The maximum atomic E-state index is 12.4. The second-order valence-electron chi connectivity index (χ2n) is 5.63. The number of ether oxygens (including phenoxy) is 1. The highest BCUT2D eigenvalue weighted by atomic mass is 16.5. The Morgan fingerprint density at radius 1 is 1.22 bits per heavy atom. The maximum Gasteiger partial charge on any atom is 0.168 e. The Bertz CT molecular complexity index is 422. The Morgan fingerprint density at radius 2 is 1.89 bits per heavy atom. The highest BCUT2D eigenvalue weighted by Gasteiger charge is 2.35. The summed E-state index contributed by atoms with van der Waals surface area (Å²) >= 11 is 0. The zero-order chi connectivity index (χ0) is 13.2. The second kappa shape index (κ2) is 5.23. The van der Waals surface area contributed by atoms with Crippen molar-refractivity contribution in [2.45, 2.75) is 52.1 Å². The van der Waals surface area contributed by atoms with Crippen molar-refractivity contribution in [2.24, 2.45) is 0 Å². The van der Waals surface area contributed by atoms with E-state index >= 15 is 0 Å². The van der Waals surface area contributed by atoms with Crippen molar-refractivity contribution in [1.82, 2.24) is 0 Å². The zero-order valence-corrected chi connectivity index (χ0v) is 11.6. The van der Waals surface area contributed by atoms with E-state index in [1.807, 2.05) is 6.92 Å². The molecule has 0 amide bonds. The molecule has 98 valence electrons. The molecule has 1 atom stereocenters. The molecule has 1 aliphatic heterocycles. The zero-order valence-electron chi connectivity index (χ0n) is 11.6. The van der Waals surface area contributed by atoms with Crippen molar-refractivity contribution in [3.8, 4) is 0 Å². The normalized spacial score (nSPS) is 23.9. The molecule has 0 radical (unpaired) electrons. The Kier molecular flexibility index (Phi) is 3.86. The predicted octanol–water partition coefficient (Wildman–Crippen LogP) is 3.37. The molecule has 2 nitrogen and oxygen atoms in total. The van der Waals surface area contributed by atoms with Crippen LogP contribution in [0.2, 0.25) is 0 Å². The quantitative estimate of drug-likeness (QED) is 0.817. The van der Waals surface area contributed by atoms with E-state index in [0.29, 0.717) is 6.42 Å². The van der Waals surface area contributed by atoms with Gasteiger partial charge in [0.1, 0.15) is 5.60 Å². The maximum absolute atomic E-state index is 12.4. The Morgan fingerprint density at radius 3 is 2.44 bits per heavy atom. The van der Waals surface area contributed by atoms with Crippen molar-refractivity contribution < 1.29 is 9.53 Å². The first-order valence-electron chi connectivity index (χ1n) is 6.74. The molecule has 0 aromatic heterocycles. The van der Waals surface area contributed by atoms with E-state index in [-0.39, 0.29) is 5.78 Å². The van der Waals surface area contributed by atoms with Gasteiger partial charge >= 0.3 is 0 Å². The van der Waals surface area contributed by atoms with Crippen LogP contribution in [0.1, 0.15) is 42.9 Å². The summed E-state index contributed by atoms with van der Waals surface area (Å²) in [6, 6.07) is 6.32. The average molecular weight is 246 g/mol. The summed E-state index contributed by atoms with van der Waals surface area (Å²) in [5.41, 5.74) is 2.98. The molecule has 1 unspecified atom stereocenters. The largest absolute Gasteiger partial charge is 0.367 e. The third-order valence-electron chi connectivity index (χ3n) is 3.70. The molecule has 0 aliphatic carbocycles. The van der Waals surface area contributed by atoms with Gasteiger partial charge in [0.15, 0.2) is 5.78 Å². The number of hydrogen-bond acceptors (Lipinski definition) is 2. The van der Waals surface area contributed by atoms with Gasteiger partial charge in [-0.15, -0.1) is 0 Å². The number of benzene rings is 1. The van der Waals surface area contributed by atoms with Crippen LogP contribution in [0.4, 0.5) is 0 Å². The molecule has 0 bridgehead atoms. The molecule has 18 heavy (non-hydrogen) atoms. The minimum atomic E-state index is -0.560. The number of carbonyl (C=O) groups excluding carboxylic acids is 1. The Hall–Kier alpha value is -1.15. The number of rotatable bonds is 3.